The van der Waals surface area contributed by atoms with Crippen molar-refractivity contribution in [3.63, 3.8) is 0 Å². The van der Waals surface area contributed by atoms with Gasteiger partial charge in [0.25, 0.3) is 5.91 Å². The molecule has 0 saturated heterocycles. The summed E-state index contributed by atoms with van der Waals surface area (Å²) in [5, 5.41) is 7.71. The summed E-state index contributed by atoms with van der Waals surface area (Å²) in [5.74, 6) is -0.0583. The maximum absolute atomic E-state index is 12.4. The lowest BCUT2D eigenvalue weighted by molar-refractivity contribution is -0.123. The largest absolute Gasteiger partial charge is 0.472 e. The summed E-state index contributed by atoms with van der Waals surface area (Å²) in [4.78, 5) is 25.5. The first-order chi connectivity index (χ1) is 11.0. The molecule has 0 aromatic carbocycles. The van der Waals surface area contributed by atoms with Crippen LogP contribution in [0.3, 0.4) is 0 Å². The summed E-state index contributed by atoms with van der Waals surface area (Å²) in [6.45, 7) is 5.92. The van der Waals surface area contributed by atoms with E-state index in [1.807, 2.05) is 17.5 Å². The zero-order valence-electron chi connectivity index (χ0n) is 13.5. The maximum atomic E-state index is 12.4. The monoisotopic (exact) mass is 334 g/mol. The van der Waals surface area contributed by atoms with Crippen molar-refractivity contribution in [2.24, 2.45) is 5.92 Å². The summed E-state index contributed by atoms with van der Waals surface area (Å²) in [5.41, 5.74) is 0.404. The quantitative estimate of drug-likeness (QED) is 0.815. The third-order valence-corrected chi connectivity index (χ3v) is 4.42. The lowest BCUT2D eigenvalue weighted by Crippen LogP contribution is -2.45. The second kappa shape index (κ2) is 7.97. The molecule has 0 unspecified atom stereocenters. The molecule has 0 saturated carbocycles. The second-order valence-electron chi connectivity index (χ2n) is 5.91. The number of thiophene rings is 1. The number of carbonyl (C=O) groups excluding carboxylic acids is 2. The van der Waals surface area contributed by atoms with Gasteiger partial charge in [0.15, 0.2) is 0 Å². The van der Waals surface area contributed by atoms with Crippen molar-refractivity contribution >= 4 is 23.2 Å². The van der Waals surface area contributed by atoms with Crippen molar-refractivity contribution < 1.29 is 14.0 Å². The Kier molecular flexibility index (Phi) is 5.98. The van der Waals surface area contributed by atoms with Gasteiger partial charge in [0.2, 0.25) is 5.91 Å². The Morgan fingerprint density at radius 3 is 2.57 bits per heavy atom. The summed E-state index contributed by atoms with van der Waals surface area (Å²) < 4.78 is 4.87. The average Bonchev–Trinajstić information content (AvgIpc) is 3.19. The smallest absolute Gasteiger partial charge is 0.255 e. The Morgan fingerprint density at radius 2 is 2.00 bits per heavy atom. The predicted molar refractivity (Wildman–Crippen MR) is 90.3 cm³/mol. The third-order valence-electron chi connectivity index (χ3n) is 3.43. The summed E-state index contributed by atoms with van der Waals surface area (Å²) >= 11 is 1.62. The van der Waals surface area contributed by atoms with Crippen molar-refractivity contribution in [2.45, 2.75) is 39.3 Å². The fraction of sp³-hybridized carbons (Fsp3) is 0.412. The van der Waals surface area contributed by atoms with E-state index in [0.717, 1.165) is 11.3 Å². The predicted octanol–water partition coefficient (Wildman–Crippen LogP) is 3.36. The van der Waals surface area contributed by atoms with Crippen LogP contribution in [0, 0.1) is 5.92 Å². The summed E-state index contributed by atoms with van der Waals surface area (Å²) in [6, 6.07) is 4.91. The average molecular weight is 334 g/mol. The number of furan rings is 1. The number of hydrogen-bond donors (Lipinski definition) is 2. The third kappa shape index (κ3) is 4.96. The van der Waals surface area contributed by atoms with Crippen LogP contribution in [0.25, 0.3) is 0 Å². The van der Waals surface area contributed by atoms with Crippen molar-refractivity contribution in [2.75, 3.05) is 0 Å². The van der Waals surface area contributed by atoms with E-state index in [-0.39, 0.29) is 17.9 Å². The van der Waals surface area contributed by atoms with Gasteiger partial charge >= 0.3 is 0 Å². The summed E-state index contributed by atoms with van der Waals surface area (Å²) in [6.07, 6.45) is 3.64. The molecule has 23 heavy (non-hydrogen) atoms. The van der Waals surface area contributed by atoms with E-state index < -0.39 is 6.04 Å². The van der Waals surface area contributed by atoms with Gasteiger partial charge in [0, 0.05) is 4.88 Å². The van der Waals surface area contributed by atoms with Crippen LogP contribution in [0.15, 0.2) is 40.5 Å². The van der Waals surface area contributed by atoms with E-state index in [2.05, 4.69) is 24.5 Å². The minimum absolute atomic E-state index is 0.0317. The highest BCUT2D eigenvalue weighted by molar-refractivity contribution is 7.10. The molecule has 2 N–H and O–H groups in total. The number of hydrogen-bond acceptors (Lipinski definition) is 4. The molecule has 6 heteroatoms. The number of amides is 2. The maximum Gasteiger partial charge on any atom is 0.255 e. The first-order valence-corrected chi connectivity index (χ1v) is 8.52. The van der Waals surface area contributed by atoms with Gasteiger partial charge in [0.05, 0.1) is 17.9 Å². The van der Waals surface area contributed by atoms with Crippen LogP contribution in [-0.2, 0) is 4.79 Å². The molecular formula is C17H22N2O3S. The molecule has 0 radical (unpaired) electrons. The highest BCUT2D eigenvalue weighted by atomic mass is 32.1. The van der Waals surface area contributed by atoms with Crippen LogP contribution in [0.1, 0.15) is 48.5 Å². The fourth-order valence-electron chi connectivity index (χ4n) is 2.24. The van der Waals surface area contributed by atoms with Crippen molar-refractivity contribution in [1.82, 2.24) is 10.6 Å². The van der Waals surface area contributed by atoms with Crippen molar-refractivity contribution in [1.29, 1.82) is 0 Å². The molecule has 0 spiro atoms. The Hall–Kier alpha value is -2.08. The minimum Gasteiger partial charge on any atom is -0.472 e. The number of nitrogens with one attached hydrogen (secondary N) is 2. The van der Waals surface area contributed by atoms with Crippen molar-refractivity contribution in [3.05, 3.63) is 46.5 Å². The van der Waals surface area contributed by atoms with Crippen LogP contribution in [0.4, 0.5) is 0 Å². The molecule has 2 heterocycles. The molecule has 0 aliphatic heterocycles. The molecule has 2 rings (SSSR count). The molecule has 0 aliphatic rings. The molecule has 2 aromatic heterocycles. The highest BCUT2D eigenvalue weighted by Crippen LogP contribution is 2.25. The Balaban J connectivity index is 1.96. The lowest BCUT2D eigenvalue weighted by atomic mass is 10.0. The molecule has 2 aromatic rings. The number of rotatable bonds is 7. The van der Waals surface area contributed by atoms with Crippen LogP contribution in [-0.4, -0.2) is 17.9 Å². The van der Waals surface area contributed by atoms with Gasteiger partial charge in [-0.05, 0) is 36.8 Å². The molecular weight excluding hydrogens is 312 g/mol. The van der Waals surface area contributed by atoms with E-state index in [0.29, 0.717) is 11.5 Å². The molecule has 124 valence electrons. The minimum atomic E-state index is -0.618. The first kappa shape index (κ1) is 17.3. The van der Waals surface area contributed by atoms with Gasteiger partial charge in [-0.3, -0.25) is 9.59 Å². The first-order valence-electron chi connectivity index (χ1n) is 7.64. The van der Waals surface area contributed by atoms with Gasteiger partial charge in [-0.1, -0.05) is 19.9 Å². The van der Waals surface area contributed by atoms with Crippen LogP contribution >= 0.6 is 11.3 Å². The second-order valence-corrected chi connectivity index (χ2v) is 6.89. The van der Waals surface area contributed by atoms with Gasteiger partial charge in [-0.2, -0.15) is 0 Å². The zero-order valence-corrected chi connectivity index (χ0v) is 14.4. The molecule has 0 bridgehead atoms. The van der Waals surface area contributed by atoms with E-state index in [4.69, 9.17) is 4.42 Å². The van der Waals surface area contributed by atoms with Crippen LogP contribution < -0.4 is 10.6 Å². The zero-order chi connectivity index (χ0) is 16.8. The molecule has 2 amide bonds. The SMILES string of the molecule is CC(C)C[C@@H](NC(=O)[C@@H](C)NC(=O)c1ccoc1)c1cccs1. The Labute approximate surface area is 140 Å². The normalized spacial score (nSPS) is 13.6. The highest BCUT2D eigenvalue weighted by Gasteiger charge is 2.22. The molecule has 0 fully saturated rings. The van der Waals surface area contributed by atoms with E-state index >= 15 is 0 Å². The van der Waals surface area contributed by atoms with Gasteiger partial charge in [-0.25, -0.2) is 0 Å². The van der Waals surface area contributed by atoms with Gasteiger partial charge in [0.1, 0.15) is 12.3 Å². The van der Waals surface area contributed by atoms with Crippen LogP contribution in [0.5, 0.6) is 0 Å². The number of carbonyl (C=O) groups is 2. The Morgan fingerprint density at radius 1 is 1.22 bits per heavy atom. The van der Waals surface area contributed by atoms with E-state index in [1.54, 1.807) is 24.3 Å². The molecule has 2 atom stereocenters. The van der Waals surface area contributed by atoms with Gasteiger partial charge in [-0.15, -0.1) is 11.3 Å². The standard InChI is InChI=1S/C17H22N2O3S/c1-11(2)9-14(15-5-4-8-23-15)19-16(20)12(3)18-17(21)13-6-7-22-10-13/h4-8,10-12,14H,9H2,1-3H3,(H,18,21)(H,19,20)/t12-,14-/m1/s1. The Bertz CT molecular complexity index is 620. The molecule has 5 nitrogen and oxygen atoms in total. The van der Waals surface area contributed by atoms with Gasteiger partial charge < -0.3 is 15.1 Å². The molecule has 0 aliphatic carbocycles. The van der Waals surface area contributed by atoms with Crippen LogP contribution in [0.2, 0.25) is 0 Å². The lowest BCUT2D eigenvalue weighted by Gasteiger charge is -2.22. The topological polar surface area (TPSA) is 71.3 Å². The van der Waals surface area contributed by atoms with E-state index in [9.17, 15) is 9.59 Å². The van der Waals surface area contributed by atoms with Crippen molar-refractivity contribution in [3.8, 4) is 0 Å². The van der Waals surface area contributed by atoms with E-state index in [1.165, 1.54) is 12.5 Å². The summed E-state index contributed by atoms with van der Waals surface area (Å²) in [7, 11) is 0. The fourth-order valence-corrected chi connectivity index (χ4v) is 3.03.